The molecule has 2 N–H and O–H groups in total. The number of phenolic OH excluding ortho intramolecular Hbond substituents is 2. The predicted octanol–water partition coefficient (Wildman–Crippen LogP) is 2.50. The number of nitrogens with zero attached hydrogens (tertiary/aromatic N) is 2. The summed E-state index contributed by atoms with van der Waals surface area (Å²) in [6.45, 7) is 3.15. The molecular weight excluding hydrogens is 384 g/mol. The van der Waals surface area contributed by atoms with E-state index in [1.165, 1.54) is 12.1 Å². The first-order valence-electron chi connectivity index (χ1n) is 8.87. The average molecular weight is 405 g/mol. The van der Waals surface area contributed by atoms with Gasteiger partial charge < -0.3 is 24.7 Å². The highest BCUT2D eigenvalue weighted by Gasteiger charge is 2.28. The SMILES string of the molecule is CC(Oc1ccc(Cl)cc1)C(=O)N1CCN(C(=O)c2cc(O)cc(O)c2)CC1. The first-order chi connectivity index (χ1) is 13.3. The molecule has 3 rings (SSSR count). The second kappa shape index (κ2) is 8.39. The fraction of sp³-hybridized carbons (Fsp3) is 0.300. The van der Waals surface area contributed by atoms with Crippen molar-refractivity contribution in [3.8, 4) is 17.2 Å². The van der Waals surface area contributed by atoms with Crippen LogP contribution < -0.4 is 4.74 Å². The van der Waals surface area contributed by atoms with Gasteiger partial charge in [-0.15, -0.1) is 0 Å². The third-order valence-electron chi connectivity index (χ3n) is 4.50. The molecule has 2 amide bonds. The van der Waals surface area contributed by atoms with Gasteiger partial charge in [0.15, 0.2) is 6.10 Å². The van der Waals surface area contributed by atoms with Gasteiger partial charge in [0.25, 0.3) is 11.8 Å². The minimum absolute atomic E-state index is 0.156. The van der Waals surface area contributed by atoms with Gasteiger partial charge >= 0.3 is 0 Å². The molecule has 148 valence electrons. The van der Waals surface area contributed by atoms with Crippen molar-refractivity contribution in [2.24, 2.45) is 0 Å². The number of halogens is 1. The maximum Gasteiger partial charge on any atom is 0.263 e. The molecule has 2 aromatic carbocycles. The predicted molar refractivity (Wildman–Crippen MR) is 104 cm³/mol. The van der Waals surface area contributed by atoms with Gasteiger partial charge in [0.2, 0.25) is 0 Å². The molecule has 1 unspecified atom stereocenters. The summed E-state index contributed by atoms with van der Waals surface area (Å²) in [6, 6.07) is 10.6. The van der Waals surface area contributed by atoms with Gasteiger partial charge in [-0.05, 0) is 43.3 Å². The Morgan fingerprint density at radius 2 is 1.50 bits per heavy atom. The molecule has 1 fully saturated rings. The monoisotopic (exact) mass is 404 g/mol. The molecule has 1 aliphatic heterocycles. The highest BCUT2D eigenvalue weighted by atomic mass is 35.5. The van der Waals surface area contributed by atoms with E-state index in [4.69, 9.17) is 16.3 Å². The van der Waals surface area contributed by atoms with E-state index in [1.54, 1.807) is 41.0 Å². The van der Waals surface area contributed by atoms with Crippen LogP contribution in [0.1, 0.15) is 17.3 Å². The fourth-order valence-electron chi connectivity index (χ4n) is 3.06. The molecule has 0 aliphatic carbocycles. The Hall–Kier alpha value is -2.93. The first kappa shape index (κ1) is 19.8. The Morgan fingerprint density at radius 1 is 0.964 bits per heavy atom. The van der Waals surface area contributed by atoms with Crippen LogP contribution in [0.3, 0.4) is 0 Å². The van der Waals surface area contributed by atoms with Crippen LogP contribution in [0, 0.1) is 0 Å². The fourth-order valence-corrected chi connectivity index (χ4v) is 3.18. The molecule has 0 bridgehead atoms. The Morgan fingerprint density at radius 3 is 2.07 bits per heavy atom. The molecule has 0 aromatic heterocycles. The van der Waals surface area contributed by atoms with Crippen LogP contribution >= 0.6 is 11.6 Å². The zero-order valence-electron chi connectivity index (χ0n) is 15.3. The molecule has 7 nitrogen and oxygen atoms in total. The van der Waals surface area contributed by atoms with Crippen molar-refractivity contribution in [1.82, 2.24) is 9.80 Å². The third-order valence-corrected chi connectivity index (χ3v) is 4.75. The standard InChI is InChI=1S/C20H21ClN2O5/c1-13(28-18-4-2-15(21)3-5-18)19(26)22-6-8-23(9-7-22)20(27)14-10-16(24)12-17(25)11-14/h2-5,10-13,24-25H,6-9H2,1H3. The van der Waals surface area contributed by atoms with E-state index in [9.17, 15) is 19.8 Å². The van der Waals surface area contributed by atoms with E-state index in [0.717, 1.165) is 6.07 Å². The summed E-state index contributed by atoms with van der Waals surface area (Å²) in [5.41, 5.74) is 0.205. The van der Waals surface area contributed by atoms with Gasteiger partial charge in [0.1, 0.15) is 17.2 Å². The smallest absolute Gasteiger partial charge is 0.263 e. The lowest BCUT2D eigenvalue weighted by molar-refractivity contribution is -0.139. The van der Waals surface area contributed by atoms with Gasteiger partial charge in [-0.3, -0.25) is 9.59 Å². The minimum atomic E-state index is -0.661. The number of ether oxygens (including phenoxy) is 1. The maximum atomic E-state index is 12.6. The Labute approximate surface area is 167 Å². The highest BCUT2D eigenvalue weighted by Crippen LogP contribution is 2.22. The lowest BCUT2D eigenvalue weighted by Gasteiger charge is -2.36. The van der Waals surface area contributed by atoms with E-state index >= 15 is 0 Å². The normalized spacial score (nSPS) is 15.2. The van der Waals surface area contributed by atoms with Gasteiger partial charge in [-0.25, -0.2) is 0 Å². The molecular formula is C20H21ClN2O5. The number of hydrogen-bond donors (Lipinski definition) is 2. The topological polar surface area (TPSA) is 90.3 Å². The summed E-state index contributed by atoms with van der Waals surface area (Å²) in [6.07, 6.45) is -0.661. The molecule has 1 aliphatic rings. The number of benzene rings is 2. The van der Waals surface area contributed by atoms with Gasteiger partial charge in [0.05, 0.1) is 0 Å². The maximum absolute atomic E-state index is 12.6. The lowest BCUT2D eigenvalue weighted by atomic mass is 10.1. The van der Waals surface area contributed by atoms with Gasteiger partial charge in [-0.1, -0.05) is 11.6 Å². The average Bonchev–Trinajstić information content (AvgIpc) is 2.68. The largest absolute Gasteiger partial charge is 0.508 e. The second-order valence-electron chi connectivity index (χ2n) is 6.57. The van der Waals surface area contributed by atoms with Crippen molar-refractivity contribution in [2.45, 2.75) is 13.0 Å². The van der Waals surface area contributed by atoms with Crippen molar-refractivity contribution in [3.63, 3.8) is 0 Å². The molecule has 2 aromatic rings. The number of piperazine rings is 1. The number of rotatable bonds is 4. The van der Waals surface area contributed by atoms with E-state index in [2.05, 4.69) is 0 Å². The molecule has 0 radical (unpaired) electrons. The molecule has 8 heteroatoms. The lowest BCUT2D eigenvalue weighted by Crippen LogP contribution is -2.53. The quantitative estimate of drug-likeness (QED) is 0.817. The zero-order valence-corrected chi connectivity index (χ0v) is 16.1. The summed E-state index contributed by atoms with van der Waals surface area (Å²) in [4.78, 5) is 28.4. The zero-order chi connectivity index (χ0) is 20.3. The van der Waals surface area contributed by atoms with E-state index in [-0.39, 0.29) is 28.9 Å². The molecule has 28 heavy (non-hydrogen) atoms. The van der Waals surface area contributed by atoms with Crippen molar-refractivity contribution in [1.29, 1.82) is 0 Å². The van der Waals surface area contributed by atoms with Crippen LogP contribution in [0.5, 0.6) is 17.2 Å². The molecule has 0 spiro atoms. The van der Waals surface area contributed by atoms with E-state index in [0.29, 0.717) is 37.0 Å². The Bertz CT molecular complexity index is 843. The third kappa shape index (κ3) is 4.67. The van der Waals surface area contributed by atoms with Crippen LogP contribution in [0.4, 0.5) is 0 Å². The Kier molecular flexibility index (Phi) is 5.94. The number of aromatic hydroxyl groups is 2. The Balaban J connectivity index is 1.56. The molecule has 1 atom stereocenters. The molecule has 0 saturated carbocycles. The minimum Gasteiger partial charge on any atom is -0.508 e. The molecule has 1 heterocycles. The first-order valence-corrected chi connectivity index (χ1v) is 9.24. The summed E-state index contributed by atoms with van der Waals surface area (Å²) in [7, 11) is 0. The van der Waals surface area contributed by atoms with Crippen molar-refractivity contribution < 1.29 is 24.5 Å². The summed E-state index contributed by atoms with van der Waals surface area (Å²) >= 11 is 5.84. The van der Waals surface area contributed by atoms with Crippen molar-refractivity contribution >= 4 is 23.4 Å². The van der Waals surface area contributed by atoms with Crippen LogP contribution in [0.2, 0.25) is 5.02 Å². The van der Waals surface area contributed by atoms with Gasteiger partial charge in [0, 0.05) is 42.8 Å². The number of phenols is 2. The highest BCUT2D eigenvalue weighted by molar-refractivity contribution is 6.30. The summed E-state index contributed by atoms with van der Waals surface area (Å²) in [5, 5.41) is 19.7. The van der Waals surface area contributed by atoms with E-state index < -0.39 is 6.10 Å². The second-order valence-corrected chi connectivity index (χ2v) is 7.01. The number of carbonyl (C=O) groups is 2. The van der Waals surface area contributed by atoms with Crippen LogP contribution in [0.25, 0.3) is 0 Å². The number of carbonyl (C=O) groups excluding carboxylic acids is 2. The van der Waals surface area contributed by atoms with Crippen LogP contribution in [-0.2, 0) is 4.79 Å². The van der Waals surface area contributed by atoms with Crippen LogP contribution in [0.15, 0.2) is 42.5 Å². The summed E-state index contributed by atoms with van der Waals surface area (Å²) in [5.74, 6) is -0.251. The van der Waals surface area contributed by atoms with Crippen molar-refractivity contribution in [3.05, 3.63) is 53.1 Å². The van der Waals surface area contributed by atoms with Gasteiger partial charge in [-0.2, -0.15) is 0 Å². The summed E-state index contributed by atoms with van der Waals surface area (Å²) < 4.78 is 5.67. The van der Waals surface area contributed by atoms with E-state index in [1.807, 2.05) is 0 Å². The molecule has 1 saturated heterocycles. The van der Waals surface area contributed by atoms with Crippen LogP contribution in [-0.4, -0.2) is 64.1 Å². The number of hydrogen-bond acceptors (Lipinski definition) is 5. The number of amides is 2. The van der Waals surface area contributed by atoms with Crippen molar-refractivity contribution in [2.75, 3.05) is 26.2 Å².